The predicted octanol–water partition coefficient (Wildman–Crippen LogP) is 2.67. The second-order valence-corrected chi connectivity index (χ2v) is 8.21. The molecule has 4 atom stereocenters. The normalized spacial score (nSPS) is 15.1. The number of ether oxygens (including phenoxy) is 4. The molecule has 0 aliphatic carbocycles. The predicted molar refractivity (Wildman–Crippen MR) is 122 cm³/mol. The third kappa shape index (κ3) is 11.1. The van der Waals surface area contributed by atoms with Gasteiger partial charge in [-0.2, -0.15) is 0 Å². The van der Waals surface area contributed by atoms with Crippen LogP contribution in [0.25, 0.3) is 0 Å². The number of hydrogen-bond acceptors (Lipinski definition) is 9. The van der Waals surface area contributed by atoms with Crippen LogP contribution in [0.3, 0.4) is 0 Å². The maximum atomic E-state index is 11.7. The van der Waals surface area contributed by atoms with Crippen molar-refractivity contribution in [2.24, 2.45) is 4.99 Å². The summed E-state index contributed by atoms with van der Waals surface area (Å²) in [6.07, 6.45) is -2.66. The van der Waals surface area contributed by atoms with E-state index >= 15 is 0 Å². The van der Waals surface area contributed by atoms with Gasteiger partial charge in [0.05, 0.1) is 0 Å². The molecule has 0 aliphatic rings. The average molecular weight is 469 g/mol. The Morgan fingerprint density at radius 1 is 1.00 bits per heavy atom. The summed E-state index contributed by atoms with van der Waals surface area (Å²) in [6, 6.07) is 9.86. The minimum atomic E-state index is -0.974. The monoisotopic (exact) mass is 468 g/mol. The van der Waals surface area contributed by atoms with Gasteiger partial charge >= 0.3 is 17.9 Å². The van der Waals surface area contributed by atoms with Gasteiger partial charge in [-0.3, -0.25) is 19.4 Å². The van der Waals surface area contributed by atoms with Gasteiger partial charge in [0.15, 0.2) is 11.3 Å². The molecule has 1 aromatic carbocycles. The number of hydrogen-bond donors (Lipinski definition) is 1. The van der Waals surface area contributed by atoms with Crippen molar-refractivity contribution < 1.29 is 33.3 Å². The molecule has 0 amide bonds. The van der Waals surface area contributed by atoms with E-state index in [1.54, 1.807) is 20.9 Å². The van der Waals surface area contributed by atoms with Crippen molar-refractivity contribution in [2.45, 2.75) is 64.9 Å². The Kier molecular flexibility index (Phi) is 12.4. The number of amidine groups is 1. The van der Waals surface area contributed by atoms with Crippen LogP contribution in [0.5, 0.6) is 0 Å². The summed E-state index contributed by atoms with van der Waals surface area (Å²) in [7, 11) is 1.66. The fourth-order valence-electron chi connectivity index (χ4n) is 2.78. The molecule has 0 bridgehead atoms. The van der Waals surface area contributed by atoms with Crippen LogP contribution in [-0.2, 0) is 39.9 Å². The zero-order chi connectivity index (χ0) is 24.1. The first-order valence-electron chi connectivity index (χ1n) is 10.2. The maximum Gasteiger partial charge on any atom is 0.303 e. The van der Waals surface area contributed by atoms with Crippen LogP contribution >= 0.6 is 11.8 Å². The Bertz CT molecular complexity index is 773. The molecule has 0 aromatic heterocycles. The lowest BCUT2D eigenvalue weighted by molar-refractivity contribution is -0.184. The molecule has 32 heavy (non-hydrogen) atoms. The van der Waals surface area contributed by atoms with Crippen molar-refractivity contribution in [3.8, 4) is 0 Å². The number of thioether (sulfide) groups is 1. The van der Waals surface area contributed by atoms with Gasteiger partial charge in [-0.05, 0) is 19.4 Å². The first-order valence-corrected chi connectivity index (χ1v) is 11.0. The number of carbonyl (C=O) groups is 3. The van der Waals surface area contributed by atoms with Crippen LogP contribution < -0.4 is 5.32 Å². The Balaban J connectivity index is 2.87. The Morgan fingerprint density at radius 2 is 1.62 bits per heavy atom. The molecule has 1 aromatic rings. The molecular weight excluding hydrogens is 436 g/mol. The maximum absolute atomic E-state index is 11.7. The van der Waals surface area contributed by atoms with Gasteiger partial charge < -0.3 is 24.3 Å². The van der Waals surface area contributed by atoms with E-state index in [0.717, 1.165) is 5.56 Å². The molecule has 0 aliphatic heterocycles. The van der Waals surface area contributed by atoms with Gasteiger partial charge in [0, 0.05) is 34.4 Å². The summed E-state index contributed by atoms with van der Waals surface area (Å²) in [5.41, 5.74) is 0.640. The van der Waals surface area contributed by atoms with Crippen LogP contribution in [0.4, 0.5) is 0 Å². The molecule has 178 valence electrons. The number of rotatable bonds is 11. The van der Waals surface area contributed by atoms with E-state index in [4.69, 9.17) is 18.9 Å². The number of nitrogens with one attached hydrogen (secondary N) is 1. The average Bonchev–Trinajstić information content (AvgIpc) is 2.72. The third-order valence-corrected chi connectivity index (χ3v) is 5.06. The fourth-order valence-corrected chi connectivity index (χ4v) is 3.56. The van der Waals surface area contributed by atoms with Crippen LogP contribution in [0.15, 0.2) is 35.3 Å². The van der Waals surface area contributed by atoms with Crippen molar-refractivity contribution in [3.05, 3.63) is 35.9 Å². The zero-order valence-electron chi connectivity index (χ0n) is 19.3. The summed E-state index contributed by atoms with van der Waals surface area (Å²) < 4.78 is 21.7. The number of aliphatic imine (C=N–C) groups is 1. The van der Waals surface area contributed by atoms with Gasteiger partial charge in [-0.1, -0.05) is 42.1 Å². The summed E-state index contributed by atoms with van der Waals surface area (Å²) in [6.45, 7) is 7.54. The number of nitrogens with zero attached hydrogens (tertiary/aromatic N) is 1. The van der Waals surface area contributed by atoms with Crippen molar-refractivity contribution in [2.75, 3.05) is 13.7 Å². The molecule has 0 spiro atoms. The second-order valence-electron chi connectivity index (χ2n) is 6.92. The highest BCUT2D eigenvalue weighted by atomic mass is 32.2. The van der Waals surface area contributed by atoms with Crippen molar-refractivity contribution in [1.29, 1.82) is 0 Å². The number of benzene rings is 1. The molecule has 0 fully saturated rings. The van der Waals surface area contributed by atoms with E-state index in [-0.39, 0.29) is 6.61 Å². The van der Waals surface area contributed by atoms with Crippen LogP contribution in [0.2, 0.25) is 0 Å². The van der Waals surface area contributed by atoms with E-state index < -0.39 is 41.7 Å². The first kappa shape index (κ1) is 27.4. The summed E-state index contributed by atoms with van der Waals surface area (Å²) in [4.78, 5) is 38.7. The fraction of sp³-hybridized carbons (Fsp3) is 0.545. The second kappa shape index (κ2) is 14.5. The highest BCUT2D eigenvalue weighted by molar-refractivity contribution is 8.14. The molecule has 0 radical (unpaired) electrons. The SMILES string of the molecule is CN=C(NCc1ccccc1)SC(C)O[C@H](COC(C)=O)[C@@H](OC(C)=O)[C@@H](C)OC(C)=O. The van der Waals surface area contributed by atoms with Gasteiger partial charge in [-0.25, -0.2) is 0 Å². The lowest BCUT2D eigenvalue weighted by Gasteiger charge is -2.32. The first-order chi connectivity index (χ1) is 15.1. The van der Waals surface area contributed by atoms with E-state index in [1.165, 1.54) is 32.5 Å². The van der Waals surface area contributed by atoms with E-state index in [9.17, 15) is 14.4 Å². The van der Waals surface area contributed by atoms with Crippen molar-refractivity contribution in [3.63, 3.8) is 0 Å². The van der Waals surface area contributed by atoms with E-state index in [2.05, 4.69) is 10.3 Å². The summed E-state index contributed by atoms with van der Waals surface area (Å²) in [5.74, 6) is -1.62. The van der Waals surface area contributed by atoms with Crippen molar-refractivity contribution >= 4 is 34.8 Å². The molecule has 1 unspecified atom stereocenters. The highest BCUT2D eigenvalue weighted by Crippen LogP contribution is 2.21. The lowest BCUT2D eigenvalue weighted by atomic mass is 10.1. The topological polar surface area (TPSA) is 113 Å². The minimum absolute atomic E-state index is 0.181. The molecule has 9 nitrogen and oxygen atoms in total. The van der Waals surface area contributed by atoms with Gasteiger partial charge in [0.1, 0.15) is 24.3 Å². The van der Waals surface area contributed by atoms with Crippen LogP contribution in [0.1, 0.15) is 40.2 Å². The Labute approximate surface area is 193 Å². The quantitative estimate of drug-likeness (QED) is 0.172. The summed E-state index contributed by atoms with van der Waals surface area (Å²) >= 11 is 1.32. The minimum Gasteiger partial charge on any atom is -0.463 e. The Morgan fingerprint density at radius 3 is 2.16 bits per heavy atom. The molecule has 0 saturated heterocycles. The standard InChI is InChI=1S/C22H32N2O7S/c1-14(29-16(3)26)21(30-17(4)27)20(13-28-15(2)25)31-18(5)32-22(23-6)24-12-19-10-8-7-9-11-19/h7-11,14,18,20-21H,12-13H2,1-6H3,(H,23,24)/t14-,18?,20-,21+/m1/s1. The number of carbonyl (C=O) groups excluding carboxylic acids is 3. The molecule has 0 saturated carbocycles. The van der Waals surface area contributed by atoms with Crippen LogP contribution in [0, 0.1) is 0 Å². The molecule has 0 heterocycles. The lowest BCUT2D eigenvalue weighted by Crippen LogP contribution is -2.46. The molecular formula is C22H32N2O7S. The largest absolute Gasteiger partial charge is 0.463 e. The van der Waals surface area contributed by atoms with Crippen molar-refractivity contribution in [1.82, 2.24) is 5.32 Å². The van der Waals surface area contributed by atoms with E-state index in [1.807, 2.05) is 30.3 Å². The summed E-state index contributed by atoms with van der Waals surface area (Å²) in [5, 5.41) is 3.89. The highest BCUT2D eigenvalue weighted by Gasteiger charge is 2.35. The molecule has 10 heteroatoms. The van der Waals surface area contributed by atoms with Gasteiger partial charge in [0.25, 0.3) is 0 Å². The Hall–Kier alpha value is -2.59. The zero-order valence-corrected chi connectivity index (χ0v) is 20.1. The van der Waals surface area contributed by atoms with Gasteiger partial charge in [0.2, 0.25) is 0 Å². The molecule has 1 N–H and O–H groups in total. The van der Waals surface area contributed by atoms with E-state index in [0.29, 0.717) is 11.7 Å². The van der Waals surface area contributed by atoms with Gasteiger partial charge in [-0.15, -0.1) is 0 Å². The third-order valence-electron chi connectivity index (χ3n) is 4.07. The van der Waals surface area contributed by atoms with Crippen LogP contribution in [-0.4, -0.2) is 60.5 Å². The number of esters is 3. The smallest absolute Gasteiger partial charge is 0.303 e. The molecule has 1 rings (SSSR count).